The summed E-state index contributed by atoms with van der Waals surface area (Å²) in [5.41, 5.74) is 5.62. The normalized spacial score (nSPS) is 15.5. The van der Waals surface area contributed by atoms with Gasteiger partial charge in [-0.2, -0.15) is 0 Å². The molecule has 2 aromatic carbocycles. The number of nitrogens with zero attached hydrogens (tertiary/aromatic N) is 5. The number of hydrogen-bond acceptors (Lipinski definition) is 7. The fourth-order valence-electron chi connectivity index (χ4n) is 4.58. The second-order valence-electron chi connectivity index (χ2n) is 8.59. The van der Waals surface area contributed by atoms with E-state index in [4.69, 9.17) is 10.6 Å². The van der Waals surface area contributed by atoms with Gasteiger partial charge in [-0.1, -0.05) is 48.5 Å². The largest absolute Gasteiger partial charge is 0.445 e. The predicted molar refractivity (Wildman–Crippen MR) is 126 cm³/mol. The van der Waals surface area contributed by atoms with Crippen LogP contribution < -0.4 is 11.3 Å². The highest BCUT2D eigenvalue weighted by Gasteiger charge is 2.41. The topological polar surface area (TPSA) is 127 Å². The maximum absolute atomic E-state index is 12.6. The van der Waals surface area contributed by atoms with E-state index in [1.165, 1.54) is 10.9 Å². The molecular weight excluding hydrogens is 432 g/mol. The van der Waals surface area contributed by atoms with E-state index in [1.54, 1.807) is 4.90 Å². The van der Waals surface area contributed by atoms with Gasteiger partial charge in [0, 0.05) is 36.7 Å². The lowest BCUT2D eigenvalue weighted by Gasteiger charge is -2.39. The number of H-pyrrole nitrogens is 1. The van der Waals surface area contributed by atoms with E-state index in [0.717, 1.165) is 17.5 Å². The Morgan fingerprint density at radius 3 is 2.68 bits per heavy atom. The number of benzene rings is 2. The maximum atomic E-state index is 12.6. The summed E-state index contributed by atoms with van der Waals surface area (Å²) >= 11 is 0. The highest BCUT2D eigenvalue weighted by Crippen LogP contribution is 2.31. The molecule has 0 bridgehead atoms. The van der Waals surface area contributed by atoms with Gasteiger partial charge in [0.2, 0.25) is 0 Å². The minimum atomic E-state index is -0.611. The molecule has 0 spiro atoms. The predicted octanol–water partition coefficient (Wildman–Crippen LogP) is 2.49. The summed E-state index contributed by atoms with van der Waals surface area (Å²) in [7, 11) is 0. The van der Waals surface area contributed by atoms with Crippen molar-refractivity contribution in [3.05, 3.63) is 77.7 Å². The lowest BCUT2D eigenvalue weighted by atomic mass is 9.87. The summed E-state index contributed by atoms with van der Waals surface area (Å²) in [5, 5.41) is 13.7. The Bertz CT molecular complexity index is 1240. The molecule has 1 fully saturated rings. The molecule has 1 aliphatic rings. The molecule has 0 radical (unpaired) electrons. The van der Waals surface area contributed by atoms with E-state index in [0.29, 0.717) is 38.3 Å². The number of para-hydroxylation sites is 1. The van der Waals surface area contributed by atoms with Crippen LogP contribution >= 0.6 is 0 Å². The van der Waals surface area contributed by atoms with Crippen molar-refractivity contribution in [3.8, 4) is 0 Å². The Morgan fingerprint density at radius 1 is 1.12 bits per heavy atom. The zero-order valence-electron chi connectivity index (χ0n) is 18.9. The van der Waals surface area contributed by atoms with Gasteiger partial charge in [-0.05, 0) is 46.9 Å². The summed E-state index contributed by atoms with van der Waals surface area (Å²) in [4.78, 5) is 17.6. The van der Waals surface area contributed by atoms with Crippen LogP contribution in [0.3, 0.4) is 0 Å². The number of nitrogens with two attached hydrogens (primary N) is 1. The average Bonchev–Trinajstić information content (AvgIpc) is 3.54. The Balaban J connectivity index is 1.22. The zero-order valence-corrected chi connectivity index (χ0v) is 18.9. The van der Waals surface area contributed by atoms with E-state index in [-0.39, 0.29) is 12.7 Å². The Kier molecular flexibility index (Phi) is 6.24. The van der Waals surface area contributed by atoms with Crippen molar-refractivity contribution >= 4 is 17.0 Å². The number of amides is 1. The first-order valence-electron chi connectivity index (χ1n) is 11.4. The summed E-state index contributed by atoms with van der Waals surface area (Å²) in [6, 6.07) is 17.9. The van der Waals surface area contributed by atoms with E-state index in [2.05, 4.69) is 38.1 Å². The van der Waals surface area contributed by atoms with Crippen LogP contribution in [-0.2, 0) is 29.8 Å². The molecule has 3 heterocycles. The molecule has 4 aromatic rings. The third-order valence-electron chi connectivity index (χ3n) is 6.58. The van der Waals surface area contributed by atoms with Crippen LogP contribution in [0.15, 0.2) is 60.8 Å². The van der Waals surface area contributed by atoms with Gasteiger partial charge in [-0.15, -0.1) is 5.10 Å². The molecule has 10 nitrogen and oxygen atoms in total. The highest BCUT2D eigenvalue weighted by molar-refractivity contribution is 5.83. The third kappa shape index (κ3) is 4.37. The molecule has 0 unspecified atom stereocenters. The van der Waals surface area contributed by atoms with Crippen molar-refractivity contribution in [2.45, 2.75) is 38.0 Å². The zero-order chi connectivity index (χ0) is 23.4. The number of aromatic amines is 1. The van der Waals surface area contributed by atoms with Crippen LogP contribution in [0.25, 0.3) is 10.9 Å². The van der Waals surface area contributed by atoms with Crippen molar-refractivity contribution in [2.75, 3.05) is 13.1 Å². The smallest absolute Gasteiger partial charge is 0.410 e. The molecule has 10 heteroatoms. The monoisotopic (exact) mass is 460 g/mol. The van der Waals surface area contributed by atoms with Crippen LogP contribution in [-0.4, -0.2) is 49.3 Å². The third-order valence-corrected chi connectivity index (χ3v) is 6.58. The second kappa shape index (κ2) is 9.62. The molecule has 4 N–H and O–H groups in total. The van der Waals surface area contributed by atoms with Crippen molar-refractivity contribution < 1.29 is 9.53 Å². The number of tetrazole rings is 1. The maximum Gasteiger partial charge on any atom is 0.410 e. The lowest BCUT2D eigenvalue weighted by molar-refractivity contribution is 0.0689. The number of ether oxygens (including phenoxy) is 1. The SMILES string of the molecule is NNC1(c2nnnn2CCc2c[nH]c3ccccc23)CCN(C(=O)OCc2ccccc2)CC1. The molecule has 0 aliphatic carbocycles. The molecule has 5 rings (SSSR count). The van der Waals surface area contributed by atoms with Gasteiger partial charge in [0.25, 0.3) is 0 Å². The lowest BCUT2D eigenvalue weighted by Crippen LogP contribution is -2.56. The fourth-order valence-corrected chi connectivity index (χ4v) is 4.58. The molecular formula is C24H28N8O2. The molecule has 1 amide bonds. The number of nitrogens with one attached hydrogen (secondary N) is 2. The quantitative estimate of drug-likeness (QED) is 0.286. The van der Waals surface area contributed by atoms with E-state index in [1.807, 2.05) is 53.3 Å². The van der Waals surface area contributed by atoms with Crippen molar-refractivity contribution in [3.63, 3.8) is 0 Å². The van der Waals surface area contributed by atoms with Crippen molar-refractivity contribution in [1.82, 2.24) is 35.5 Å². The summed E-state index contributed by atoms with van der Waals surface area (Å²) in [5.74, 6) is 6.71. The number of carbonyl (C=O) groups excluding carboxylic acids is 1. The number of fused-ring (bicyclic) bond motifs is 1. The van der Waals surface area contributed by atoms with E-state index in [9.17, 15) is 4.79 Å². The fraction of sp³-hybridized carbons (Fsp3) is 0.333. The number of aromatic nitrogens is 5. The van der Waals surface area contributed by atoms with Gasteiger partial charge in [0.15, 0.2) is 5.82 Å². The number of piperidine rings is 1. The highest BCUT2D eigenvalue weighted by atomic mass is 16.6. The van der Waals surface area contributed by atoms with Crippen LogP contribution in [0.4, 0.5) is 4.79 Å². The summed E-state index contributed by atoms with van der Waals surface area (Å²) in [6.07, 6.45) is 3.65. The van der Waals surface area contributed by atoms with Crippen LogP contribution in [0.1, 0.15) is 29.8 Å². The van der Waals surface area contributed by atoms with Gasteiger partial charge in [0.1, 0.15) is 6.61 Å². The first-order chi connectivity index (χ1) is 16.7. The first kappa shape index (κ1) is 22.1. The molecule has 34 heavy (non-hydrogen) atoms. The number of rotatable bonds is 7. The molecule has 0 saturated carbocycles. The van der Waals surface area contributed by atoms with Gasteiger partial charge >= 0.3 is 6.09 Å². The second-order valence-corrected chi connectivity index (χ2v) is 8.59. The summed E-state index contributed by atoms with van der Waals surface area (Å²) < 4.78 is 7.30. The Labute approximate surface area is 197 Å². The van der Waals surface area contributed by atoms with Crippen LogP contribution in [0.2, 0.25) is 0 Å². The van der Waals surface area contributed by atoms with Gasteiger partial charge in [-0.3, -0.25) is 5.84 Å². The average molecular weight is 461 g/mol. The van der Waals surface area contributed by atoms with Crippen LogP contribution in [0.5, 0.6) is 0 Å². The molecule has 1 saturated heterocycles. The minimum absolute atomic E-state index is 0.253. The van der Waals surface area contributed by atoms with E-state index >= 15 is 0 Å². The number of hydrazine groups is 1. The van der Waals surface area contributed by atoms with Gasteiger partial charge < -0.3 is 14.6 Å². The van der Waals surface area contributed by atoms with E-state index < -0.39 is 5.54 Å². The molecule has 2 aromatic heterocycles. The number of hydrogen-bond donors (Lipinski definition) is 3. The van der Waals surface area contributed by atoms with Crippen LogP contribution in [0, 0.1) is 0 Å². The van der Waals surface area contributed by atoms with Gasteiger partial charge in [-0.25, -0.2) is 14.9 Å². The standard InChI is InChI=1S/C24H28N8O2/c25-28-24(11-14-31(15-12-24)23(33)34-17-18-6-2-1-3-7-18)22-27-29-30-32(22)13-10-19-16-26-21-9-5-4-8-20(19)21/h1-9,16,26,28H,10-15,17,25H2. The molecule has 176 valence electrons. The number of aryl methyl sites for hydroxylation is 2. The van der Waals surface area contributed by atoms with Gasteiger partial charge in [0.05, 0.1) is 5.54 Å². The first-order valence-corrected chi connectivity index (χ1v) is 11.4. The summed E-state index contributed by atoms with van der Waals surface area (Å²) in [6.45, 7) is 1.86. The van der Waals surface area contributed by atoms with Crippen molar-refractivity contribution in [1.29, 1.82) is 0 Å². The van der Waals surface area contributed by atoms with Crippen molar-refractivity contribution in [2.24, 2.45) is 5.84 Å². The number of likely N-dealkylation sites (tertiary alicyclic amines) is 1. The minimum Gasteiger partial charge on any atom is -0.445 e. The molecule has 0 atom stereocenters. The number of carbonyl (C=O) groups is 1. The molecule has 1 aliphatic heterocycles. The Morgan fingerprint density at radius 2 is 1.88 bits per heavy atom. The Hall–Kier alpha value is -3.76.